The van der Waals surface area contributed by atoms with Gasteiger partial charge in [-0.2, -0.15) is 0 Å². The van der Waals surface area contributed by atoms with Gasteiger partial charge in [0.05, 0.1) is 23.0 Å². The summed E-state index contributed by atoms with van der Waals surface area (Å²) < 4.78 is 46.9. The Morgan fingerprint density at radius 1 is 0.862 bits per heavy atom. The van der Waals surface area contributed by atoms with Gasteiger partial charge in [0.2, 0.25) is 5.89 Å². The lowest BCUT2D eigenvalue weighted by Gasteiger charge is -2.09. The van der Waals surface area contributed by atoms with Gasteiger partial charge in [-0.3, -0.25) is 4.79 Å². The fourth-order valence-corrected chi connectivity index (χ4v) is 2.83. The van der Waals surface area contributed by atoms with Crippen LogP contribution in [0, 0.1) is 17.5 Å². The first-order valence-electron chi connectivity index (χ1n) is 8.59. The molecule has 0 spiro atoms. The summed E-state index contributed by atoms with van der Waals surface area (Å²) in [5.41, 5.74) is 0.404. The molecule has 7 heteroatoms. The van der Waals surface area contributed by atoms with Crippen LogP contribution in [-0.2, 0) is 0 Å². The van der Waals surface area contributed by atoms with E-state index in [0.717, 1.165) is 18.2 Å². The fraction of sp³-hybridized carbons (Fsp3) is 0. The lowest BCUT2D eigenvalue weighted by molar-refractivity contribution is 0.102. The molecule has 1 heterocycles. The summed E-state index contributed by atoms with van der Waals surface area (Å²) in [6.07, 6.45) is 1.36. The van der Waals surface area contributed by atoms with Gasteiger partial charge < -0.3 is 9.73 Å². The summed E-state index contributed by atoms with van der Waals surface area (Å²) in [5, 5.41) is 2.34. The molecule has 0 fully saturated rings. The van der Waals surface area contributed by atoms with Crippen LogP contribution in [-0.4, -0.2) is 10.9 Å². The standard InChI is InChI=1S/C22H13F3N2O2/c23-13-9-10-18(25)19(11-13)27-21(28)14-5-1-2-6-15(14)22-26-12-20(29-22)16-7-3-4-8-17(16)24/h1-12H,(H,27,28). The number of halogens is 3. The van der Waals surface area contributed by atoms with E-state index < -0.39 is 23.4 Å². The van der Waals surface area contributed by atoms with Gasteiger partial charge in [0.25, 0.3) is 5.91 Å². The number of oxazole rings is 1. The Morgan fingerprint density at radius 2 is 1.59 bits per heavy atom. The SMILES string of the molecule is O=C(Nc1cc(F)ccc1F)c1ccccc1-c1ncc(-c2ccccc2F)o1. The molecule has 0 aliphatic carbocycles. The van der Waals surface area contributed by atoms with E-state index in [1.54, 1.807) is 36.4 Å². The quantitative estimate of drug-likeness (QED) is 0.485. The van der Waals surface area contributed by atoms with E-state index in [2.05, 4.69) is 10.3 Å². The maximum absolute atomic E-state index is 14.0. The molecule has 1 amide bonds. The number of carbonyl (C=O) groups excluding carboxylic acids is 1. The molecule has 1 N–H and O–H groups in total. The van der Waals surface area contributed by atoms with Gasteiger partial charge in [0, 0.05) is 11.6 Å². The summed E-state index contributed by atoms with van der Waals surface area (Å²) >= 11 is 0. The van der Waals surface area contributed by atoms with E-state index in [0.29, 0.717) is 5.56 Å². The first-order chi connectivity index (χ1) is 14.0. The van der Waals surface area contributed by atoms with Crippen LogP contribution in [0.5, 0.6) is 0 Å². The van der Waals surface area contributed by atoms with Crippen LogP contribution in [0.15, 0.2) is 77.3 Å². The van der Waals surface area contributed by atoms with Crippen LogP contribution in [0.4, 0.5) is 18.9 Å². The number of hydrogen-bond acceptors (Lipinski definition) is 3. The largest absolute Gasteiger partial charge is 0.436 e. The smallest absolute Gasteiger partial charge is 0.256 e. The van der Waals surface area contributed by atoms with Crippen molar-refractivity contribution < 1.29 is 22.4 Å². The zero-order valence-electron chi connectivity index (χ0n) is 14.8. The molecule has 1 aromatic heterocycles. The lowest BCUT2D eigenvalue weighted by atomic mass is 10.1. The molecular weight excluding hydrogens is 381 g/mol. The minimum atomic E-state index is -0.768. The van der Waals surface area contributed by atoms with Crippen LogP contribution >= 0.6 is 0 Å². The molecule has 4 rings (SSSR count). The van der Waals surface area contributed by atoms with Gasteiger partial charge >= 0.3 is 0 Å². The maximum Gasteiger partial charge on any atom is 0.256 e. The Bertz CT molecular complexity index is 1200. The highest BCUT2D eigenvalue weighted by atomic mass is 19.1. The van der Waals surface area contributed by atoms with Crippen molar-refractivity contribution in [3.63, 3.8) is 0 Å². The summed E-state index contributed by atoms with van der Waals surface area (Å²) in [4.78, 5) is 16.8. The van der Waals surface area contributed by atoms with Crippen LogP contribution in [0.3, 0.4) is 0 Å². The number of nitrogens with zero attached hydrogens (tertiary/aromatic N) is 1. The van der Waals surface area contributed by atoms with E-state index in [1.807, 2.05) is 0 Å². The van der Waals surface area contributed by atoms with Crippen molar-refractivity contribution in [2.75, 3.05) is 5.32 Å². The fourth-order valence-electron chi connectivity index (χ4n) is 2.83. The maximum atomic E-state index is 14.0. The molecule has 0 aliphatic rings. The topological polar surface area (TPSA) is 55.1 Å². The van der Waals surface area contributed by atoms with Crippen LogP contribution < -0.4 is 5.32 Å². The van der Waals surface area contributed by atoms with Crippen molar-refractivity contribution in [1.82, 2.24) is 4.98 Å². The number of rotatable bonds is 4. The molecule has 0 radical (unpaired) electrons. The first kappa shape index (κ1) is 18.5. The summed E-state index contributed by atoms with van der Waals surface area (Å²) in [6, 6.07) is 15.2. The monoisotopic (exact) mass is 394 g/mol. The summed E-state index contributed by atoms with van der Waals surface area (Å²) in [7, 11) is 0. The van der Waals surface area contributed by atoms with Crippen molar-refractivity contribution >= 4 is 11.6 Å². The van der Waals surface area contributed by atoms with E-state index in [4.69, 9.17) is 4.42 Å². The Labute approximate surface area is 163 Å². The number of benzene rings is 3. The highest BCUT2D eigenvalue weighted by molar-refractivity contribution is 6.08. The van der Waals surface area contributed by atoms with Crippen molar-refractivity contribution in [3.05, 3.63) is 95.9 Å². The molecule has 29 heavy (non-hydrogen) atoms. The van der Waals surface area contributed by atoms with Crippen molar-refractivity contribution in [3.8, 4) is 22.8 Å². The van der Waals surface area contributed by atoms with Gasteiger partial charge in [-0.05, 0) is 36.4 Å². The van der Waals surface area contributed by atoms with Gasteiger partial charge in [0.15, 0.2) is 5.76 Å². The second-order valence-corrected chi connectivity index (χ2v) is 6.13. The Balaban J connectivity index is 1.68. The average Bonchev–Trinajstić information content (AvgIpc) is 3.21. The van der Waals surface area contributed by atoms with E-state index in [1.165, 1.54) is 18.3 Å². The number of carbonyl (C=O) groups is 1. The Hall–Kier alpha value is -3.87. The lowest BCUT2D eigenvalue weighted by Crippen LogP contribution is -2.14. The van der Waals surface area contributed by atoms with Gasteiger partial charge in [-0.1, -0.05) is 24.3 Å². The summed E-state index contributed by atoms with van der Waals surface area (Å²) in [6.45, 7) is 0. The van der Waals surface area contributed by atoms with Crippen LogP contribution in [0.2, 0.25) is 0 Å². The van der Waals surface area contributed by atoms with Crippen molar-refractivity contribution in [2.45, 2.75) is 0 Å². The molecule has 144 valence electrons. The molecule has 3 aromatic carbocycles. The third kappa shape index (κ3) is 3.75. The first-order valence-corrected chi connectivity index (χ1v) is 8.59. The minimum Gasteiger partial charge on any atom is -0.436 e. The van der Waals surface area contributed by atoms with Gasteiger partial charge in [0.1, 0.15) is 17.5 Å². The zero-order chi connectivity index (χ0) is 20.4. The second-order valence-electron chi connectivity index (χ2n) is 6.13. The second kappa shape index (κ2) is 7.63. The van der Waals surface area contributed by atoms with E-state index in [-0.39, 0.29) is 28.5 Å². The third-order valence-corrected chi connectivity index (χ3v) is 4.22. The molecule has 0 bridgehead atoms. The zero-order valence-corrected chi connectivity index (χ0v) is 14.8. The molecular formula is C22H13F3N2O2. The van der Waals surface area contributed by atoms with Crippen molar-refractivity contribution in [2.24, 2.45) is 0 Å². The number of hydrogen-bond donors (Lipinski definition) is 1. The van der Waals surface area contributed by atoms with E-state index in [9.17, 15) is 18.0 Å². The Morgan fingerprint density at radius 3 is 2.38 bits per heavy atom. The number of anilines is 1. The normalized spacial score (nSPS) is 10.7. The van der Waals surface area contributed by atoms with Crippen molar-refractivity contribution in [1.29, 1.82) is 0 Å². The molecule has 4 nitrogen and oxygen atoms in total. The van der Waals surface area contributed by atoms with Gasteiger partial charge in [-0.15, -0.1) is 0 Å². The predicted molar refractivity (Wildman–Crippen MR) is 102 cm³/mol. The highest BCUT2D eigenvalue weighted by Gasteiger charge is 2.19. The molecule has 0 aliphatic heterocycles. The molecule has 0 atom stereocenters. The van der Waals surface area contributed by atoms with Gasteiger partial charge in [-0.25, -0.2) is 18.2 Å². The molecule has 0 saturated heterocycles. The minimum absolute atomic E-state index is 0.0914. The van der Waals surface area contributed by atoms with Crippen LogP contribution in [0.1, 0.15) is 10.4 Å². The number of nitrogens with one attached hydrogen (secondary N) is 1. The number of amides is 1. The number of aromatic nitrogens is 1. The summed E-state index contributed by atoms with van der Waals surface area (Å²) in [5.74, 6) is -2.30. The molecule has 0 unspecified atom stereocenters. The van der Waals surface area contributed by atoms with Crippen LogP contribution in [0.25, 0.3) is 22.8 Å². The molecule has 4 aromatic rings. The predicted octanol–water partition coefficient (Wildman–Crippen LogP) is 5.68. The Kier molecular flexibility index (Phi) is 4.87. The molecule has 0 saturated carbocycles. The third-order valence-electron chi connectivity index (χ3n) is 4.22. The average molecular weight is 394 g/mol. The highest BCUT2D eigenvalue weighted by Crippen LogP contribution is 2.30. The van der Waals surface area contributed by atoms with E-state index >= 15 is 0 Å².